The van der Waals surface area contributed by atoms with Crippen molar-refractivity contribution in [1.29, 1.82) is 0 Å². The molecule has 3 aliphatic heterocycles. The second-order valence-electron chi connectivity index (χ2n) is 7.95. The maximum Gasteiger partial charge on any atom is 0.211 e. The van der Waals surface area contributed by atoms with Gasteiger partial charge in [-0.2, -0.15) is 0 Å². The molecule has 0 radical (unpaired) electrons. The van der Waals surface area contributed by atoms with Crippen LogP contribution in [0.2, 0.25) is 0 Å². The second kappa shape index (κ2) is 6.46. The lowest BCUT2D eigenvalue weighted by atomic mass is 9.74. The molecule has 0 amide bonds. The highest BCUT2D eigenvalue weighted by atomic mass is 32.2. The van der Waals surface area contributed by atoms with Crippen molar-refractivity contribution < 1.29 is 13.2 Å². The number of aromatic nitrogens is 1. The number of aryl methyl sites for hydroxylation is 2. The van der Waals surface area contributed by atoms with Gasteiger partial charge < -0.3 is 9.64 Å². The number of rotatable bonds is 6. The van der Waals surface area contributed by atoms with Crippen molar-refractivity contribution >= 4 is 15.8 Å². The lowest BCUT2D eigenvalue weighted by Crippen LogP contribution is -2.42. The molecule has 1 aromatic rings. The Morgan fingerprint density at radius 3 is 2.92 bits per heavy atom. The highest BCUT2D eigenvalue weighted by Crippen LogP contribution is 2.55. The van der Waals surface area contributed by atoms with Crippen molar-refractivity contribution in [2.75, 3.05) is 30.3 Å². The first-order valence-corrected chi connectivity index (χ1v) is 11.4. The third-order valence-electron chi connectivity index (χ3n) is 6.55. The zero-order valence-electron chi connectivity index (χ0n) is 15.9. The van der Waals surface area contributed by atoms with Gasteiger partial charge in [0, 0.05) is 37.2 Å². The molecule has 7 heteroatoms. The predicted octanol–water partition coefficient (Wildman–Crippen LogP) is 1.88. The van der Waals surface area contributed by atoms with Crippen LogP contribution in [0.15, 0.2) is 12.1 Å². The standard InChI is InChI=1S/C19H29N3O3S/c1-4-16-13(3)6-7-18(21-16)22-11-15-14(10-20-26(23,24)5-2)17-8-9-19(15,12-22)25-17/h6-7,14-15,17,20H,4-5,8-12H2,1-3H3/t14-,15+,17+,19+/m0/s1. The molecule has 2 bridgehead atoms. The molecule has 26 heavy (non-hydrogen) atoms. The summed E-state index contributed by atoms with van der Waals surface area (Å²) in [5, 5.41) is 0. The number of nitrogens with zero attached hydrogens (tertiary/aromatic N) is 2. The molecule has 0 aliphatic carbocycles. The van der Waals surface area contributed by atoms with E-state index in [4.69, 9.17) is 9.72 Å². The van der Waals surface area contributed by atoms with Crippen LogP contribution in [0.3, 0.4) is 0 Å². The molecule has 3 fully saturated rings. The van der Waals surface area contributed by atoms with Crippen LogP contribution in [0.25, 0.3) is 0 Å². The van der Waals surface area contributed by atoms with Gasteiger partial charge in [-0.3, -0.25) is 0 Å². The van der Waals surface area contributed by atoms with Gasteiger partial charge in [0.25, 0.3) is 0 Å². The van der Waals surface area contributed by atoms with E-state index in [1.807, 2.05) is 0 Å². The van der Waals surface area contributed by atoms with E-state index in [0.717, 1.165) is 43.9 Å². The molecule has 0 saturated carbocycles. The van der Waals surface area contributed by atoms with Gasteiger partial charge in [-0.05, 0) is 44.7 Å². The van der Waals surface area contributed by atoms with Crippen LogP contribution < -0.4 is 9.62 Å². The number of fused-ring (bicyclic) bond motifs is 1. The van der Waals surface area contributed by atoms with Gasteiger partial charge in [-0.15, -0.1) is 0 Å². The summed E-state index contributed by atoms with van der Waals surface area (Å²) in [5.74, 6) is 1.77. The molecule has 3 aliphatic rings. The molecule has 1 N–H and O–H groups in total. The summed E-state index contributed by atoms with van der Waals surface area (Å²) in [6, 6.07) is 4.26. The molecule has 4 rings (SSSR count). The molecular weight excluding hydrogens is 350 g/mol. The van der Waals surface area contributed by atoms with E-state index in [2.05, 4.69) is 35.6 Å². The van der Waals surface area contributed by atoms with Crippen LogP contribution >= 0.6 is 0 Å². The second-order valence-corrected chi connectivity index (χ2v) is 10.0. The van der Waals surface area contributed by atoms with Gasteiger partial charge in [-0.25, -0.2) is 18.1 Å². The summed E-state index contributed by atoms with van der Waals surface area (Å²) in [4.78, 5) is 7.20. The lowest BCUT2D eigenvalue weighted by molar-refractivity contribution is 0.0142. The van der Waals surface area contributed by atoms with Crippen LogP contribution in [-0.4, -0.2) is 50.5 Å². The minimum Gasteiger partial charge on any atom is -0.369 e. The summed E-state index contributed by atoms with van der Waals surface area (Å²) >= 11 is 0. The summed E-state index contributed by atoms with van der Waals surface area (Å²) < 4.78 is 32.9. The Morgan fingerprint density at radius 1 is 1.38 bits per heavy atom. The summed E-state index contributed by atoms with van der Waals surface area (Å²) in [6.07, 6.45) is 3.23. The van der Waals surface area contributed by atoms with Gasteiger partial charge in [0.2, 0.25) is 10.0 Å². The Hall–Kier alpha value is -1.18. The van der Waals surface area contributed by atoms with Crippen molar-refractivity contribution in [3.05, 3.63) is 23.4 Å². The van der Waals surface area contributed by atoms with E-state index >= 15 is 0 Å². The first-order valence-electron chi connectivity index (χ1n) is 9.74. The fourth-order valence-electron chi connectivity index (χ4n) is 5.06. The van der Waals surface area contributed by atoms with Crippen LogP contribution in [0, 0.1) is 18.8 Å². The number of nitrogens with one attached hydrogen (secondary N) is 1. The van der Waals surface area contributed by atoms with E-state index in [0.29, 0.717) is 12.5 Å². The fourth-order valence-corrected chi connectivity index (χ4v) is 5.71. The summed E-state index contributed by atoms with van der Waals surface area (Å²) in [7, 11) is -3.17. The van der Waals surface area contributed by atoms with Gasteiger partial charge in [0.05, 0.1) is 17.5 Å². The molecular formula is C19H29N3O3S. The predicted molar refractivity (Wildman–Crippen MR) is 102 cm³/mol. The van der Waals surface area contributed by atoms with E-state index in [1.165, 1.54) is 5.56 Å². The number of pyridine rings is 1. The minimum absolute atomic E-state index is 0.119. The highest BCUT2D eigenvalue weighted by molar-refractivity contribution is 7.89. The molecule has 6 nitrogen and oxygen atoms in total. The van der Waals surface area contributed by atoms with Crippen molar-refractivity contribution in [2.45, 2.75) is 51.7 Å². The van der Waals surface area contributed by atoms with Crippen molar-refractivity contribution in [3.63, 3.8) is 0 Å². The normalized spacial score (nSPS) is 33.0. The van der Waals surface area contributed by atoms with Crippen LogP contribution in [0.5, 0.6) is 0 Å². The number of hydrogen-bond donors (Lipinski definition) is 1. The fraction of sp³-hybridized carbons (Fsp3) is 0.737. The van der Waals surface area contributed by atoms with Crippen LogP contribution in [0.4, 0.5) is 5.82 Å². The van der Waals surface area contributed by atoms with Gasteiger partial charge in [-0.1, -0.05) is 13.0 Å². The monoisotopic (exact) mass is 379 g/mol. The van der Waals surface area contributed by atoms with Gasteiger partial charge >= 0.3 is 0 Å². The molecule has 0 aromatic carbocycles. The Morgan fingerprint density at radius 2 is 2.19 bits per heavy atom. The molecule has 4 atom stereocenters. The molecule has 1 spiro atoms. The summed E-state index contributed by atoms with van der Waals surface area (Å²) in [6.45, 7) is 8.17. The van der Waals surface area contributed by atoms with Crippen molar-refractivity contribution in [1.82, 2.24) is 9.71 Å². The molecule has 0 unspecified atom stereocenters. The Balaban J connectivity index is 1.53. The number of hydrogen-bond acceptors (Lipinski definition) is 5. The van der Waals surface area contributed by atoms with Crippen molar-refractivity contribution in [3.8, 4) is 0 Å². The SMILES string of the molecule is CCc1nc(N2C[C@@H]3[C@H](CNS(=O)(=O)CC)[C@H]4CC[C@]3(C2)O4)ccc1C. The van der Waals surface area contributed by atoms with E-state index in [1.54, 1.807) is 6.92 Å². The molecule has 4 heterocycles. The average Bonchev–Trinajstić information content (AvgIpc) is 3.28. The molecule has 3 saturated heterocycles. The van der Waals surface area contributed by atoms with Gasteiger partial charge in [0.15, 0.2) is 0 Å². The van der Waals surface area contributed by atoms with Gasteiger partial charge in [0.1, 0.15) is 5.82 Å². The first kappa shape index (κ1) is 18.2. The molecule has 144 valence electrons. The Labute approximate surface area is 156 Å². The largest absolute Gasteiger partial charge is 0.369 e. The minimum atomic E-state index is -3.17. The Bertz CT molecular complexity index is 797. The van der Waals surface area contributed by atoms with E-state index < -0.39 is 10.0 Å². The highest BCUT2D eigenvalue weighted by Gasteiger charge is 2.63. The zero-order valence-corrected chi connectivity index (χ0v) is 16.7. The smallest absolute Gasteiger partial charge is 0.211 e. The topological polar surface area (TPSA) is 71.5 Å². The lowest BCUT2D eigenvalue weighted by Gasteiger charge is -2.29. The Kier molecular flexibility index (Phi) is 4.52. The number of ether oxygens (including phenoxy) is 1. The van der Waals surface area contributed by atoms with Crippen molar-refractivity contribution in [2.24, 2.45) is 11.8 Å². The number of anilines is 1. The zero-order chi connectivity index (χ0) is 18.5. The van der Waals surface area contributed by atoms with Crippen LogP contribution in [0.1, 0.15) is 37.9 Å². The first-order chi connectivity index (χ1) is 12.4. The molecule has 1 aromatic heterocycles. The average molecular weight is 380 g/mol. The number of sulfonamides is 1. The van der Waals surface area contributed by atoms with Crippen LogP contribution in [-0.2, 0) is 21.2 Å². The summed E-state index contributed by atoms with van der Waals surface area (Å²) in [5.41, 5.74) is 2.26. The quantitative estimate of drug-likeness (QED) is 0.817. The maximum absolute atomic E-state index is 11.9. The van der Waals surface area contributed by atoms with E-state index in [9.17, 15) is 8.42 Å². The maximum atomic E-state index is 11.9. The third kappa shape index (κ3) is 2.94. The van der Waals surface area contributed by atoms with E-state index in [-0.39, 0.29) is 23.4 Å². The third-order valence-corrected chi connectivity index (χ3v) is 7.92.